The highest BCUT2D eigenvalue weighted by Gasteiger charge is 2.38. The first-order valence-electron chi connectivity index (χ1n) is 11.7. The number of rotatable bonds is 5. The average Bonchev–Trinajstić information content (AvgIpc) is 2.71. The second-order valence-corrected chi connectivity index (χ2v) is 9.77. The first-order valence-corrected chi connectivity index (χ1v) is 11.7. The summed E-state index contributed by atoms with van der Waals surface area (Å²) < 4.78 is 35.9. The standard InChI is InChI=1S/C25H36F2O/c1-3-4-11-28-21-10-9-17-13-19(8-7-18(17)14-21)23-15-20-6-5-16(2)12-22(20)24(26)25(23)27/h15-19,21H,3-14H2,1-2H3. The summed E-state index contributed by atoms with van der Waals surface area (Å²) in [5, 5.41) is 0. The van der Waals surface area contributed by atoms with E-state index in [1.165, 1.54) is 19.3 Å². The van der Waals surface area contributed by atoms with Crippen LogP contribution < -0.4 is 0 Å². The van der Waals surface area contributed by atoms with E-state index in [4.69, 9.17) is 4.74 Å². The first-order chi connectivity index (χ1) is 13.6. The lowest BCUT2D eigenvalue weighted by Crippen LogP contribution is -2.34. The number of aryl methyl sites for hydroxylation is 1. The van der Waals surface area contributed by atoms with Gasteiger partial charge in [0.05, 0.1) is 6.10 Å². The molecule has 3 heteroatoms. The summed E-state index contributed by atoms with van der Waals surface area (Å²) >= 11 is 0. The molecule has 5 atom stereocenters. The zero-order valence-corrected chi connectivity index (χ0v) is 17.6. The van der Waals surface area contributed by atoms with E-state index in [0.717, 1.165) is 57.1 Å². The van der Waals surface area contributed by atoms with Crippen LogP contribution in [-0.2, 0) is 17.6 Å². The molecule has 0 radical (unpaired) electrons. The quantitative estimate of drug-likeness (QED) is 0.494. The van der Waals surface area contributed by atoms with Crippen molar-refractivity contribution in [3.8, 4) is 0 Å². The molecule has 0 heterocycles. The van der Waals surface area contributed by atoms with Gasteiger partial charge in [-0.25, -0.2) is 8.78 Å². The Morgan fingerprint density at radius 3 is 2.61 bits per heavy atom. The van der Waals surface area contributed by atoms with E-state index in [9.17, 15) is 8.78 Å². The molecule has 0 amide bonds. The number of fused-ring (bicyclic) bond motifs is 2. The predicted octanol–water partition coefficient (Wildman–Crippen LogP) is 6.96. The first kappa shape index (κ1) is 20.3. The van der Waals surface area contributed by atoms with E-state index in [0.29, 0.717) is 41.4 Å². The molecule has 1 nitrogen and oxygen atoms in total. The largest absolute Gasteiger partial charge is 0.378 e. The number of halogens is 2. The molecule has 2 saturated carbocycles. The Balaban J connectivity index is 1.43. The summed E-state index contributed by atoms with van der Waals surface area (Å²) in [5.74, 6) is 0.920. The molecule has 3 aliphatic carbocycles. The van der Waals surface area contributed by atoms with Crippen molar-refractivity contribution < 1.29 is 13.5 Å². The number of unbranched alkanes of at least 4 members (excludes halogenated alkanes) is 1. The normalized spacial score (nSPS) is 32.6. The molecule has 3 aliphatic rings. The van der Waals surface area contributed by atoms with Gasteiger partial charge in [-0.3, -0.25) is 0 Å². The highest BCUT2D eigenvalue weighted by atomic mass is 19.2. The summed E-state index contributed by atoms with van der Waals surface area (Å²) in [7, 11) is 0. The average molecular weight is 391 g/mol. The minimum Gasteiger partial charge on any atom is -0.378 e. The van der Waals surface area contributed by atoms with Gasteiger partial charge in [0.25, 0.3) is 0 Å². The van der Waals surface area contributed by atoms with Crippen molar-refractivity contribution in [1.29, 1.82) is 0 Å². The van der Waals surface area contributed by atoms with E-state index in [2.05, 4.69) is 13.8 Å². The van der Waals surface area contributed by atoms with Gasteiger partial charge in [0.15, 0.2) is 11.6 Å². The van der Waals surface area contributed by atoms with Gasteiger partial charge in [-0.15, -0.1) is 0 Å². The van der Waals surface area contributed by atoms with Gasteiger partial charge in [0, 0.05) is 6.61 Å². The summed E-state index contributed by atoms with van der Waals surface area (Å²) in [6.45, 7) is 5.22. The Bertz CT molecular complexity index is 686. The second kappa shape index (κ2) is 8.81. The molecule has 0 bridgehead atoms. The Morgan fingerprint density at radius 1 is 1.00 bits per heavy atom. The van der Waals surface area contributed by atoms with Gasteiger partial charge in [-0.05, 0) is 105 Å². The molecule has 5 unspecified atom stereocenters. The molecule has 0 N–H and O–H groups in total. The van der Waals surface area contributed by atoms with Crippen molar-refractivity contribution in [2.75, 3.05) is 6.61 Å². The van der Waals surface area contributed by atoms with Crippen LogP contribution in [0.2, 0.25) is 0 Å². The van der Waals surface area contributed by atoms with E-state index in [-0.39, 0.29) is 5.92 Å². The van der Waals surface area contributed by atoms with Crippen LogP contribution in [0.3, 0.4) is 0 Å². The van der Waals surface area contributed by atoms with E-state index in [1.54, 1.807) is 0 Å². The fourth-order valence-corrected chi connectivity index (χ4v) is 6.01. The van der Waals surface area contributed by atoms with Gasteiger partial charge < -0.3 is 4.74 Å². The third-order valence-electron chi connectivity index (χ3n) is 7.74. The molecule has 0 spiro atoms. The number of benzene rings is 1. The highest BCUT2D eigenvalue weighted by molar-refractivity contribution is 5.38. The SMILES string of the molecule is CCCCOC1CCC2CC(c3cc4c(c(F)c3F)CC(C)CC4)CCC2C1. The third-order valence-corrected chi connectivity index (χ3v) is 7.74. The Labute approximate surface area is 169 Å². The van der Waals surface area contributed by atoms with Crippen molar-refractivity contribution >= 4 is 0 Å². The van der Waals surface area contributed by atoms with Crippen LogP contribution in [-0.4, -0.2) is 12.7 Å². The van der Waals surface area contributed by atoms with Crippen molar-refractivity contribution in [2.24, 2.45) is 17.8 Å². The molecule has 28 heavy (non-hydrogen) atoms. The summed E-state index contributed by atoms with van der Waals surface area (Å²) in [6, 6.07) is 2.03. The van der Waals surface area contributed by atoms with Crippen LogP contribution in [0.4, 0.5) is 8.78 Å². The Morgan fingerprint density at radius 2 is 1.79 bits per heavy atom. The zero-order valence-electron chi connectivity index (χ0n) is 17.6. The molecule has 1 aromatic rings. The van der Waals surface area contributed by atoms with Crippen molar-refractivity contribution in [3.63, 3.8) is 0 Å². The molecule has 4 rings (SSSR count). The third kappa shape index (κ3) is 4.15. The van der Waals surface area contributed by atoms with E-state index >= 15 is 0 Å². The molecule has 0 aliphatic heterocycles. The maximum Gasteiger partial charge on any atom is 0.162 e. The number of hydrogen-bond donors (Lipinski definition) is 0. The zero-order chi connectivity index (χ0) is 19.7. The minimum atomic E-state index is -0.548. The van der Waals surface area contributed by atoms with Gasteiger partial charge in [-0.2, -0.15) is 0 Å². The molecular weight excluding hydrogens is 354 g/mol. The van der Waals surface area contributed by atoms with Gasteiger partial charge in [0.2, 0.25) is 0 Å². The number of hydrogen-bond acceptors (Lipinski definition) is 1. The molecular formula is C25H36F2O. The molecule has 0 saturated heterocycles. The molecule has 1 aromatic carbocycles. The summed E-state index contributed by atoms with van der Waals surface area (Å²) in [5.41, 5.74) is 2.39. The lowest BCUT2D eigenvalue weighted by Gasteiger charge is -2.42. The van der Waals surface area contributed by atoms with Gasteiger partial charge in [-0.1, -0.05) is 26.3 Å². The van der Waals surface area contributed by atoms with E-state index < -0.39 is 11.6 Å². The predicted molar refractivity (Wildman–Crippen MR) is 110 cm³/mol. The van der Waals surface area contributed by atoms with E-state index in [1.807, 2.05) is 6.07 Å². The Hall–Kier alpha value is -0.960. The van der Waals surface area contributed by atoms with Crippen molar-refractivity contribution in [3.05, 3.63) is 34.4 Å². The monoisotopic (exact) mass is 390 g/mol. The van der Waals surface area contributed by atoms with Gasteiger partial charge in [0.1, 0.15) is 0 Å². The Kier molecular flexibility index (Phi) is 6.40. The van der Waals surface area contributed by atoms with Gasteiger partial charge >= 0.3 is 0 Å². The fraction of sp³-hybridized carbons (Fsp3) is 0.760. The lowest BCUT2D eigenvalue weighted by atomic mass is 9.65. The summed E-state index contributed by atoms with van der Waals surface area (Å²) in [4.78, 5) is 0. The van der Waals surface area contributed by atoms with Crippen LogP contribution in [0.5, 0.6) is 0 Å². The maximum absolute atomic E-state index is 15.0. The molecule has 156 valence electrons. The van der Waals surface area contributed by atoms with Crippen LogP contribution >= 0.6 is 0 Å². The van der Waals surface area contributed by atoms with Crippen LogP contribution in [0, 0.1) is 29.4 Å². The lowest BCUT2D eigenvalue weighted by molar-refractivity contribution is -0.0161. The topological polar surface area (TPSA) is 9.23 Å². The fourth-order valence-electron chi connectivity index (χ4n) is 6.01. The smallest absolute Gasteiger partial charge is 0.162 e. The molecule has 0 aromatic heterocycles. The summed E-state index contributed by atoms with van der Waals surface area (Å²) in [6.07, 6.45) is 12.1. The second-order valence-electron chi connectivity index (χ2n) is 9.77. The van der Waals surface area contributed by atoms with Crippen molar-refractivity contribution in [1.82, 2.24) is 0 Å². The highest BCUT2D eigenvalue weighted by Crippen LogP contribution is 2.48. The van der Waals surface area contributed by atoms with Crippen LogP contribution in [0.15, 0.2) is 6.07 Å². The number of ether oxygens (including phenoxy) is 1. The maximum atomic E-state index is 15.0. The van der Waals surface area contributed by atoms with Crippen LogP contribution in [0.1, 0.15) is 94.2 Å². The minimum absolute atomic E-state index is 0.193. The van der Waals surface area contributed by atoms with Crippen LogP contribution in [0.25, 0.3) is 0 Å². The molecule has 2 fully saturated rings. The van der Waals surface area contributed by atoms with Crippen molar-refractivity contribution in [2.45, 2.75) is 96.5 Å².